The predicted octanol–water partition coefficient (Wildman–Crippen LogP) is 3.15. The van der Waals surface area contributed by atoms with Crippen molar-refractivity contribution in [3.8, 4) is 0 Å². The fraction of sp³-hybridized carbons (Fsp3) is 0.929. The van der Waals surface area contributed by atoms with Crippen molar-refractivity contribution in [3.63, 3.8) is 0 Å². The molecule has 0 aromatic carbocycles. The van der Waals surface area contributed by atoms with Crippen molar-refractivity contribution in [3.05, 3.63) is 0 Å². The van der Waals surface area contributed by atoms with Crippen LogP contribution in [0.2, 0.25) is 0 Å². The highest BCUT2D eigenvalue weighted by molar-refractivity contribution is 5.78. The fourth-order valence-electron chi connectivity index (χ4n) is 3.02. The Morgan fingerprint density at radius 3 is 2.65 bits per heavy atom. The van der Waals surface area contributed by atoms with E-state index < -0.39 is 0 Å². The summed E-state index contributed by atoms with van der Waals surface area (Å²) in [6.45, 7) is 3.77. The third-order valence-corrected chi connectivity index (χ3v) is 4.16. The number of amides is 1. The minimum atomic E-state index is 0.242. The van der Waals surface area contributed by atoms with Crippen molar-refractivity contribution in [1.29, 1.82) is 0 Å². The first-order valence-corrected chi connectivity index (χ1v) is 7.25. The number of unbranched alkanes of at least 4 members (excludes halogenated alkanes) is 1. The quantitative estimate of drug-likeness (QED) is 0.754. The molecule has 1 saturated carbocycles. The molecule has 3 heteroatoms. The van der Waals surface area contributed by atoms with Gasteiger partial charge in [0.15, 0.2) is 0 Å². The standard InChI is InChI=1S/C14H25NO2/c1-2-3-5-12-6-8-13(9-7-12)14(16)15-10-4-11-17-15/h12-13H,2-11H2,1H3. The Labute approximate surface area is 104 Å². The molecule has 0 bridgehead atoms. The van der Waals surface area contributed by atoms with Crippen LogP contribution in [-0.4, -0.2) is 24.1 Å². The van der Waals surface area contributed by atoms with Crippen LogP contribution in [0.1, 0.15) is 58.3 Å². The van der Waals surface area contributed by atoms with E-state index in [1.54, 1.807) is 5.06 Å². The maximum absolute atomic E-state index is 12.1. The van der Waals surface area contributed by atoms with Gasteiger partial charge in [0.1, 0.15) is 0 Å². The molecule has 1 aliphatic heterocycles. The lowest BCUT2D eigenvalue weighted by Crippen LogP contribution is -2.35. The molecule has 0 aromatic rings. The normalized spacial score (nSPS) is 29.6. The molecule has 0 unspecified atom stereocenters. The third kappa shape index (κ3) is 3.44. The largest absolute Gasteiger partial charge is 0.272 e. The maximum atomic E-state index is 12.1. The molecule has 0 spiro atoms. The Morgan fingerprint density at radius 1 is 1.29 bits per heavy atom. The van der Waals surface area contributed by atoms with E-state index in [2.05, 4.69) is 6.92 Å². The van der Waals surface area contributed by atoms with Gasteiger partial charge in [0, 0.05) is 5.92 Å². The summed E-state index contributed by atoms with van der Waals surface area (Å²) in [4.78, 5) is 17.5. The number of carbonyl (C=O) groups is 1. The molecule has 0 N–H and O–H groups in total. The molecule has 0 radical (unpaired) electrons. The lowest BCUT2D eigenvalue weighted by atomic mass is 9.79. The van der Waals surface area contributed by atoms with Crippen LogP contribution in [0.4, 0.5) is 0 Å². The summed E-state index contributed by atoms with van der Waals surface area (Å²) >= 11 is 0. The summed E-state index contributed by atoms with van der Waals surface area (Å²) in [5.74, 6) is 1.36. The molecule has 1 amide bonds. The summed E-state index contributed by atoms with van der Waals surface area (Å²) in [7, 11) is 0. The van der Waals surface area contributed by atoms with Gasteiger partial charge in [0.05, 0.1) is 13.2 Å². The molecule has 1 heterocycles. The summed E-state index contributed by atoms with van der Waals surface area (Å²) in [6, 6.07) is 0. The van der Waals surface area contributed by atoms with Gasteiger partial charge in [-0.25, -0.2) is 5.06 Å². The Balaban J connectivity index is 1.72. The molecule has 17 heavy (non-hydrogen) atoms. The molecule has 2 aliphatic rings. The molecule has 2 fully saturated rings. The Kier molecular flexibility index (Phi) is 4.84. The van der Waals surface area contributed by atoms with E-state index >= 15 is 0 Å². The second-order valence-corrected chi connectivity index (χ2v) is 5.49. The number of rotatable bonds is 4. The van der Waals surface area contributed by atoms with Gasteiger partial charge in [-0.2, -0.15) is 0 Å². The van der Waals surface area contributed by atoms with Gasteiger partial charge in [0.25, 0.3) is 0 Å². The van der Waals surface area contributed by atoms with Crippen LogP contribution in [0.15, 0.2) is 0 Å². The highest BCUT2D eigenvalue weighted by atomic mass is 16.7. The fourth-order valence-corrected chi connectivity index (χ4v) is 3.02. The molecule has 2 rings (SSSR count). The van der Waals surface area contributed by atoms with E-state index in [0.29, 0.717) is 0 Å². The molecule has 0 atom stereocenters. The lowest BCUT2D eigenvalue weighted by Gasteiger charge is -2.29. The van der Waals surface area contributed by atoms with E-state index in [-0.39, 0.29) is 11.8 Å². The van der Waals surface area contributed by atoms with E-state index in [4.69, 9.17) is 4.84 Å². The summed E-state index contributed by atoms with van der Waals surface area (Å²) < 4.78 is 0. The van der Waals surface area contributed by atoms with E-state index in [0.717, 1.165) is 38.3 Å². The van der Waals surface area contributed by atoms with Crippen molar-refractivity contribution >= 4 is 5.91 Å². The highest BCUT2D eigenvalue weighted by Gasteiger charge is 2.31. The average Bonchev–Trinajstić information content (AvgIpc) is 2.90. The van der Waals surface area contributed by atoms with E-state index in [9.17, 15) is 4.79 Å². The van der Waals surface area contributed by atoms with Gasteiger partial charge in [-0.3, -0.25) is 9.63 Å². The zero-order valence-corrected chi connectivity index (χ0v) is 11.0. The summed E-state index contributed by atoms with van der Waals surface area (Å²) in [5.41, 5.74) is 0. The SMILES string of the molecule is CCCCC1CCC(C(=O)N2CCCO2)CC1. The average molecular weight is 239 g/mol. The number of nitrogens with zero attached hydrogens (tertiary/aromatic N) is 1. The van der Waals surface area contributed by atoms with Crippen LogP contribution in [0.5, 0.6) is 0 Å². The monoisotopic (exact) mass is 239 g/mol. The molecule has 3 nitrogen and oxygen atoms in total. The van der Waals surface area contributed by atoms with Gasteiger partial charge in [0.2, 0.25) is 5.91 Å². The first-order valence-electron chi connectivity index (χ1n) is 7.25. The van der Waals surface area contributed by atoms with Crippen molar-refractivity contribution in [2.45, 2.75) is 58.3 Å². The first kappa shape index (κ1) is 12.9. The zero-order chi connectivity index (χ0) is 12.1. The molecule has 98 valence electrons. The van der Waals surface area contributed by atoms with Gasteiger partial charge < -0.3 is 0 Å². The van der Waals surface area contributed by atoms with Crippen LogP contribution < -0.4 is 0 Å². The predicted molar refractivity (Wildman–Crippen MR) is 67.3 cm³/mol. The molecular weight excluding hydrogens is 214 g/mol. The smallest absolute Gasteiger partial charge is 0.249 e. The minimum absolute atomic E-state index is 0.242. The van der Waals surface area contributed by atoms with Gasteiger partial charge in [-0.05, 0) is 38.0 Å². The number of carbonyl (C=O) groups excluding carboxylic acids is 1. The Hall–Kier alpha value is -0.570. The van der Waals surface area contributed by atoms with Crippen LogP contribution in [0.3, 0.4) is 0 Å². The van der Waals surface area contributed by atoms with Crippen molar-refractivity contribution < 1.29 is 9.63 Å². The minimum Gasteiger partial charge on any atom is -0.272 e. The summed E-state index contributed by atoms with van der Waals surface area (Å²) in [5, 5.41) is 1.61. The van der Waals surface area contributed by atoms with Crippen molar-refractivity contribution in [1.82, 2.24) is 5.06 Å². The number of hydrogen-bond acceptors (Lipinski definition) is 2. The van der Waals surface area contributed by atoms with Crippen LogP contribution >= 0.6 is 0 Å². The lowest BCUT2D eigenvalue weighted by molar-refractivity contribution is -0.174. The molecule has 0 aromatic heterocycles. The van der Waals surface area contributed by atoms with Crippen LogP contribution in [0, 0.1) is 11.8 Å². The highest BCUT2D eigenvalue weighted by Crippen LogP contribution is 2.33. The second-order valence-electron chi connectivity index (χ2n) is 5.49. The van der Waals surface area contributed by atoms with Crippen LogP contribution in [0.25, 0.3) is 0 Å². The first-order chi connectivity index (χ1) is 8.31. The van der Waals surface area contributed by atoms with Gasteiger partial charge >= 0.3 is 0 Å². The summed E-state index contributed by atoms with van der Waals surface area (Å²) in [6.07, 6.45) is 9.63. The van der Waals surface area contributed by atoms with Crippen molar-refractivity contribution in [2.24, 2.45) is 11.8 Å². The second kappa shape index (κ2) is 6.39. The Bertz CT molecular complexity index is 241. The Morgan fingerprint density at radius 2 is 2.06 bits per heavy atom. The topological polar surface area (TPSA) is 29.5 Å². The third-order valence-electron chi connectivity index (χ3n) is 4.16. The molecule has 1 aliphatic carbocycles. The molecular formula is C14H25NO2. The van der Waals surface area contributed by atoms with Crippen LogP contribution in [-0.2, 0) is 9.63 Å². The number of hydrogen-bond donors (Lipinski definition) is 0. The zero-order valence-electron chi connectivity index (χ0n) is 11.0. The van der Waals surface area contributed by atoms with Gasteiger partial charge in [-0.15, -0.1) is 0 Å². The van der Waals surface area contributed by atoms with E-state index in [1.807, 2.05) is 0 Å². The maximum Gasteiger partial charge on any atom is 0.249 e. The van der Waals surface area contributed by atoms with Crippen molar-refractivity contribution in [2.75, 3.05) is 13.2 Å². The van der Waals surface area contributed by atoms with E-state index in [1.165, 1.54) is 32.1 Å². The molecule has 1 saturated heterocycles. The number of hydroxylamine groups is 2. The van der Waals surface area contributed by atoms with Gasteiger partial charge in [-0.1, -0.05) is 26.2 Å².